The fourth-order valence-corrected chi connectivity index (χ4v) is 2.78. The Balaban J connectivity index is 1.22. The van der Waals surface area contributed by atoms with Gasteiger partial charge < -0.3 is 29.6 Å². The van der Waals surface area contributed by atoms with Crippen molar-refractivity contribution < 1.29 is 37.3 Å². The first-order valence-corrected chi connectivity index (χ1v) is 10.1. The second-order valence-electron chi connectivity index (χ2n) is 6.71. The van der Waals surface area contributed by atoms with Crippen molar-refractivity contribution in [3.05, 3.63) is 47.5 Å². The summed E-state index contributed by atoms with van der Waals surface area (Å²) in [5.74, 6) is -0.131. The van der Waals surface area contributed by atoms with Gasteiger partial charge in [-0.3, -0.25) is 9.59 Å². The number of carbonyl (C=O) groups excluding carboxylic acids is 2. The summed E-state index contributed by atoms with van der Waals surface area (Å²) in [5.41, 5.74) is 0. The van der Waals surface area contributed by atoms with Gasteiger partial charge in [0.25, 0.3) is 11.8 Å². The maximum atomic E-state index is 13.0. The van der Waals surface area contributed by atoms with Crippen molar-refractivity contribution in [2.75, 3.05) is 26.3 Å². The van der Waals surface area contributed by atoms with Gasteiger partial charge in [-0.2, -0.15) is 0 Å². The number of fused-ring (bicyclic) bond motifs is 1. The number of ether oxygens (including phenoxy) is 4. The Morgan fingerprint density at radius 2 is 1.38 bits per heavy atom. The van der Waals surface area contributed by atoms with E-state index in [1.54, 1.807) is 24.3 Å². The second-order valence-corrected chi connectivity index (χ2v) is 7.15. The molecule has 172 valence electrons. The molecule has 0 bridgehead atoms. The fraction of sp³-hybridized carbons (Fsp3) is 0.333. The summed E-state index contributed by atoms with van der Waals surface area (Å²) in [6.45, 7) is 0.450. The third kappa shape index (κ3) is 7.45. The summed E-state index contributed by atoms with van der Waals surface area (Å²) in [4.78, 5) is 23.6. The van der Waals surface area contributed by atoms with Crippen molar-refractivity contribution in [2.45, 2.75) is 19.1 Å². The van der Waals surface area contributed by atoms with Crippen molar-refractivity contribution in [3.8, 4) is 23.0 Å². The summed E-state index contributed by atoms with van der Waals surface area (Å²) in [7, 11) is 0. The summed E-state index contributed by atoms with van der Waals surface area (Å²) in [6.07, 6.45) is -2.41. The van der Waals surface area contributed by atoms with Gasteiger partial charge in [0.05, 0.1) is 0 Å². The van der Waals surface area contributed by atoms with E-state index in [2.05, 4.69) is 20.1 Å². The van der Waals surface area contributed by atoms with Gasteiger partial charge in [0, 0.05) is 24.2 Å². The smallest absolute Gasteiger partial charge is 0.484 e. The molecule has 11 heteroatoms. The highest BCUT2D eigenvalue weighted by Gasteiger charge is 2.43. The Labute approximate surface area is 187 Å². The van der Waals surface area contributed by atoms with Gasteiger partial charge in [0.2, 0.25) is 0 Å². The number of alkyl halides is 2. The van der Waals surface area contributed by atoms with E-state index in [0.29, 0.717) is 36.7 Å². The molecule has 8 nitrogen and oxygen atoms in total. The minimum atomic E-state index is -3.71. The number of unbranched alkanes of at least 4 members (excludes halogenated alkanes) is 1. The van der Waals surface area contributed by atoms with Crippen LogP contribution in [-0.2, 0) is 9.59 Å². The Bertz CT molecular complexity index is 942. The zero-order valence-corrected chi connectivity index (χ0v) is 17.6. The molecule has 0 radical (unpaired) electrons. The molecular formula is C21H21ClF2N2O6. The predicted molar refractivity (Wildman–Crippen MR) is 110 cm³/mol. The number of amides is 2. The Hall–Kier alpha value is -3.27. The summed E-state index contributed by atoms with van der Waals surface area (Å²) >= 11 is 5.78. The van der Waals surface area contributed by atoms with Gasteiger partial charge in [-0.15, -0.1) is 8.78 Å². The van der Waals surface area contributed by atoms with Crippen LogP contribution in [0.3, 0.4) is 0 Å². The van der Waals surface area contributed by atoms with Gasteiger partial charge in [-0.1, -0.05) is 11.6 Å². The van der Waals surface area contributed by atoms with Crippen LogP contribution < -0.4 is 29.6 Å². The van der Waals surface area contributed by atoms with E-state index in [1.807, 2.05) is 0 Å². The molecule has 0 aliphatic carbocycles. The first-order valence-electron chi connectivity index (χ1n) is 9.75. The highest BCUT2D eigenvalue weighted by molar-refractivity contribution is 6.30. The van der Waals surface area contributed by atoms with Crippen LogP contribution in [0.2, 0.25) is 5.02 Å². The lowest BCUT2D eigenvalue weighted by Gasteiger charge is -2.09. The average Bonchev–Trinajstić information content (AvgIpc) is 3.07. The number of hydrogen-bond acceptors (Lipinski definition) is 6. The highest BCUT2D eigenvalue weighted by Crippen LogP contribution is 2.42. The van der Waals surface area contributed by atoms with Crippen LogP contribution in [0.4, 0.5) is 8.78 Å². The molecule has 1 aliphatic rings. The van der Waals surface area contributed by atoms with Gasteiger partial charge >= 0.3 is 6.29 Å². The summed E-state index contributed by atoms with van der Waals surface area (Å²) < 4.78 is 45.2. The van der Waals surface area contributed by atoms with Crippen LogP contribution >= 0.6 is 11.6 Å². The molecule has 0 atom stereocenters. The van der Waals surface area contributed by atoms with E-state index < -0.39 is 6.29 Å². The quantitative estimate of drug-likeness (QED) is 0.490. The Morgan fingerprint density at radius 3 is 2.00 bits per heavy atom. The predicted octanol–water partition coefficient (Wildman–Crippen LogP) is 3.13. The van der Waals surface area contributed by atoms with Crippen molar-refractivity contribution >= 4 is 23.4 Å². The average molecular weight is 471 g/mol. The zero-order valence-electron chi connectivity index (χ0n) is 16.9. The van der Waals surface area contributed by atoms with E-state index in [4.69, 9.17) is 21.1 Å². The van der Waals surface area contributed by atoms with Gasteiger partial charge in [-0.05, 0) is 49.2 Å². The van der Waals surface area contributed by atoms with Crippen molar-refractivity contribution in [1.82, 2.24) is 10.6 Å². The largest absolute Gasteiger partial charge is 0.586 e. The molecule has 1 heterocycles. The van der Waals surface area contributed by atoms with Crippen LogP contribution in [0, 0.1) is 0 Å². The molecule has 0 saturated heterocycles. The minimum absolute atomic E-state index is 0.101. The summed E-state index contributed by atoms with van der Waals surface area (Å²) in [6, 6.07) is 10.6. The number of halogens is 3. The molecule has 0 spiro atoms. The van der Waals surface area contributed by atoms with E-state index in [0.717, 1.165) is 0 Å². The highest BCUT2D eigenvalue weighted by atomic mass is 35.5. The number of benzene rings is 2. The topological polar surface area (TPSA) is 95.1 Å². The molecule has 32 heavy (non-hydrogen) atoms. The molecule has 2 N–H and O–H groups in total. The molecule has 1 aliphatic heterocycles. The minimum Gasteiger partial charge on any atom is -0.484 e. The van der Waals surface area contributed by atoms with E-state index >= 15 is 0 Å². The third-order valence-electron chi connectivity index (χ3n) is 4.17. The van der Waals surface area contributed by atoms with E-state index in [9.17, 15) is 18.4 Å². The van der Waals surface area contributed by atoms with Crippen LogP contribution in [0.1, 0.15) is 12.8 Å². The number of nitrogens with one attached hydrogen (secondary N) is 2. The maximum absolute atomic E-state index is 13.0. The molecule has 2 aromatic rings. The lowest BCUT2D eigenvalue weighted by molar-refractivity contribution is -0.286. The van der Waals surface area contributed by atoms with Crippen LogP contribution in [0.15, 0.2) is 42.5 Å². The molecule has 0 fully saturated rings. The lowest BCUT2D eigenvalue weighted by atomic mass is 10.3. The van der Waals surface area contributed by atoms with E-state index in [1.165, 1.54) is 18.2 Å². The van der Waals surface area contributed by atoms with Gasteiger partial charge in [-0.25, -0.2) is 0 Å². The molecule has 2 amide bonds. The molecule has 0 saturated carbocycles. The molecule has 3 rings (SSSR count). The van der Waals surface area contributed by atoms with Crippen LogP contribution in [0.5, 0.6) is 23.0 Å². The zero-order chi connectivity index (χ0) is 23.0. The molecule has 0 unspecified atom stereocenters. The van der Waals surface area contributed by atoms with Crippen LogP contribution in [0.25, 0.3) is 0 Å². The maximum Gasteiger partial charge on any atom is 0.586 e. The standard InChI is InChI=1S/C21H21ClF2N2O6/c22-14-3-5-15(6-4-14)29-12-19(27)25-9-1-2-10-26-20(28)13-30-16-7-8-17-18(11-16)32-21(23,24)31-17/h3-8,11H,1-2,9-10,12-13H2,(H,25,27)(H,26,28). The lowest BCUT2D eigenvalue weighted by Crippen LogP contribution is -2.32. The molecule has 0 aromatic heterocycles. The van der Waals surface area contributed by atoms with E-state index in [-0.39, 0.29) is 42.3 Å². The van der Waals surface area contributed by atoms with Crippen molar-refractivity contribution in [1.29, 1.82) is 0 Å². The first-order chi connectivity index (χ1) is 15.3. The Kier molecular flexibility index (Phi) is 7.93. The third-order valence-corrected chi connectivity index (χ3v) is 4.43. The monoisotopic (exact) mass is 470 g/mol. The number of carbonyl (C=O) groups is 2. The van der Waals surface area contributed by atoms with Crippen molar-refractivity contribution in [3.63, 3.8) is 0 Å². The summed E-state index contributed by atoms with van der Waals surface area (Å²) in [5, 5.41) is 5.98. The molecular weight excluding hydrogens is 450 g/mol. The Morgan fingerprint density at radius 1 is 0.844 bits per heavy atom. The number of rotatable bonds is 11. The second kappa shape index (κ2) is 10.9. The molecule has 2 aromatic carbocycles. The SMILES string of the molecule is O=C(COc1ccc(Cl)cc1)NCCCCNC(=O)COc1ccc2c(c1)OC(F)(F)O2. The number of hydrogen-bond donors (Lipinski definition) is 2. The van der Waals surface area contributed by atoms with Gasteiger partial charge in [0.15, 0.2) is 24.7 Å². The van der Waals surface area contributed by atoms with Crippen molar-refractivity contribution in [2.24, 2.45) is 0 Å². The first kappa shape index (κ1) is 23.4. The van der Waals surface area contributed by atoms with Gasteiger partial charge in [0.1, 0.15) is 11.5 Å². The normalized spacial score (nSPS) is 13.3. The fourth-order valence-electron chi connectivity index (χ4n) is 2.66. The van der Waals surface area contributed by atoms with Crippen LogP contribution in [-0.4, -0.2) is 44.4 Å².